The summed E-state index contributed by atoms with van der Waals surface area (Å²) in [5.74, 6) is 2.21. The summed E-state index contributed by atoms with van der Waals surface area (Å²) in [6.45, 7) is 1.90. The Kier molecular flexibility index (Phi) is 9.24. The molecule has 1 aliphatic heterocycles. The fourth-order valence-electron chi connectivity index (χ4n) is 2.20. The van der Waals surface area contributed by atoms with Crippen molar-refractivity contribution >= 4 is 18.3 Å². The third-order valence-corrected chi connectivity index (χ3v) is 3.39. The number of amides is 1. The van der Waals surface area contributed by atoms with Gasteiger partial charge in [0, 0.05) is 12.5 Å². The summed E-state index contributed by atoms with van der Waals surface area (Å²) < 4.78 is 16.1. The van der Waals surface area contributed by atoms with Crippen molar-refractivity contribution in [2.45, 2.75) is 32.1 Å². The lowest BCUT2D eigenvalue weighted by atomic mass is 10.1. The second-order valence-electron chi connectivity index (χ2n) is 5.17. The van der Waals surface area contributed by atoms with Crippen LogP contribution in [0.2, 0.25) is 0 Å². The molecule has 3 N–H and O–H groups in total. The molecule has 0 bridgehead atoms. The van der Waals surface area contributed by atoms with Gasteiger partial charge in [0.05, 0.1) is 6.54 Å². The van der Waals surface area contributed by atoms with Gasteiger partial charge in [0.25, 0.3) is 0 Å². The van der Waals surface area contributed by atoms with Crippen LogP contribution in [-0.4, -0.2) is 32.4 Å². The maximum atomic E-state index is 11.6. The lowest BCUT2D eigenvalue weighted by Gasteiger charge is -2.08. The van der Waals surface area contributed by atoms with Gasteiger partial charge in [0.15, 0.2) is 11.5 Å². The molecule has 0 fully saturated rings. The van der Waals surface area contributed by atoms with Crippen molar-refractivity contribution < 1.29 is 19.0 Å². The van der Waals surface area contributed by atoms with E-state index in [4.69, 9.17) is 19.9 Å². The Bertz CT molecular complexity index is 485. The molecule has 1 aromatic carbocycles. The van der Waals surface area contributed by atoms with Crippen LogP contribution in [0.1, 0.15) is 32.1 Å². The molecule has 0 atom stereocenters. The number of nitrogens with one attached hydrogen (secondary N) is 1. The summed E-state index contributed by atoms with van der Waals surface area (Å²) in [7, 11) is 0. The van der Waals surface area contributed by atoms with Gasteiger partial charge in [-0.15, -0.1) is 12.4 Å². The Labute approximate surface area is 143 Å². The monoisotopic (exact) mass is 344 g/mol. The summed E-state index contributed by atoms with van der Waals surface area (Å²) in [6.07, 6.45) is 4.66. The lowest BCUT2D eigenvalue weighted by Crippen LogP contribution is -2.27. The molecule has 0 unspecified atom stereocenters. The molecular weight excluding hydrogens is 320 g/mol. The van der Waals surface area contributed by atoms with Crippen molar-refractivity contribution in [1.29, 1.82) is 0 Å². The number of carbonyl (C=O) groups excluding carboxylic acids is 1. The van der Waals surface area contributed by atoms with Gasteiger partial charge in [-0.25, -0.2) is 0 Å². The van der Waals surface area contributed by atoms with Crippen LogP contribution in [0.5, 0.6) is 17.2 Å². The smallest absolute Gasteiger partial charge is 0.231 e. The third-order valence-electron chi connectivity index (χ3n) is 3.39. The first-order valence-corrected chi connectivity index (χ1v) is 7.79. The maximum absolute atomic E-state index is 11.6. The zero-order valence-corrected chi connectivity index (χ0v) is 14.0. The second-order valence-corrected chi connectivity index (χ2v) is 5.17. The van der Waals surface area contributed by atoms with Crippen LogP contribution >= 0.6 is 12.4 Å². The maximum Gasteiger partial charge on any atom is 0.231 e. The number of ether oxygens (including phenoxy) is 3. The molecule has 1 aromatic rings. The first-order valence-electron chi connectivity index (χ1n) is 7.79. The van der Waals surface area contributed by atoms with Crippen molar-refractivity contribution in [3.05, 3.63) is 18.2 Å². The molecule has 2 rings (SSSR count). The van der Waals surface area contributed by atoms with Crippen molar-refractivity contribution in [2.24, 2.45) is 5.73 Å². The normalized spacial score (nSPS) is 11.7. The Morgan fingerprint density at radius 1 is 1.17 bits per heavy atom. The van der Waals surface area contributed by atoms with E-state index < -0.39 is 0 Å². The van der Waals surface area contributed by atoms with E-state index in [1.54, 1.807) is 6.07 Å². The van der Waals surface area contributed by atoms with Gasteiger partial charge in [-0.3, -0.25) is 4.79 Å². The molecule has 0 radical (unpaired) electrons. The standard InChI is InChI=1S/C16H24N2O4.ClH/c17-8-4-2-1-3-5-16(19)18-9-10-20-13-6-7-14-15(11-13)22-12-21-14;/h6-7,11H,1-5,8-10,12,17H2,(H,18,19);1H. The summed E-state index contributed by atoms with van der Waals surface area (Å²) in [4.78, 5) is 11.6. The Hall–Kier alpha value is -1.66. The van der Waals surface area contributed by atoms with Crippen LogP contribution in [-0.2, 0) is 4.79 Å². The zero-order chi connectivity index (χ0) is 15.6. The van der Waals surface area contributed by atoms with Crippen LogP contribution < -0.4 is 25.3 Å². The average molecular weight is 345 g/mol. The van der Waals surface area contributed by atoms with Crippen LogP contribution in [0.4, 0.5) is 0 Å². The highest BCUT2D eigenvalue weighted by molar-refractivity contribution is 5.85. The minimum atomic E-state index is 0. The van der Waals surface area contributed by atoms with Crippen LogP contribution in [0.25, 0.3) is 0 Å². The fraction of sp³-hybridized carbons (Fsp3) is 0.562. The number of hydrogen-bond donors (Lipinski definition) is 2. The van der Waals surface area contributed by atoms with E-state index in [1.165, 1.54) is 0 Å². The Balaban J connectivity index is 0.00000264. The number of unbranched alkanes of at least 4 members (excludes halogenated alkanes) is 3. The molecule has 7 heteroatoms. The van der Waals surface area contributed by atoms with Gasteiger partial charge in [0.1, 0.15) is 12.4 Å². The largest absolute Gasteiger partial charge is 0.492 e. The van der Waals surface area contributed by atoms with E-state index in [2.05, 4.69) is 5.32 Å². The van der Waals surface area contributed by atoms with Gasteiger partial charge in [0.2, 0.25) is 12.7 Å². The topological polar surface area (TPSA) is 82.8 Å². The van der Waals surface area contributed by atoms with Gasteiger partial charge in [-0.2, -0.15) is 0 Å². The van der Waals surface area contributed by atoms with Crippen molar-refractivity contribution in [1.82, 2.24) is 5.32 Å². The van der Waals surface area contributed by atoms with E-state index in [1.807, 2.05) is 12.1 Å². The van der Waals surface area contributed by atoms with Crippen molar-refractivity contribution in [3.63, 3.8) is 0 Å². The quantitative estimate of drug-likeness (QED) is 0.636. The number of halogens is 1. The lowest BCUT2D eigenvalue weighted by molar-refractivity contribution is -0.121. The van der Waals surface area contributed by atoms with Crippen LogP contribution in [0, 0.1) is 0 Å². The fourth-order valence-corrected chi connectivity index (χ4v) is 2.20. The second kappa shape index (κ2) is 11.0. The number of benzene rings is 1. The van der Waals surface area contributed by atoms with Crippen LogP contribution in [0.15, 0.2) is 18.2 Å². The zero-order valence-electron chi connectivity index (χ0n) is 13.2. The number of fused-ring (bicyclic) bond motifs is 1. The average Bonchev–Trinajstić information content (AvgIpc) is 2.99. The molecule has 130 valence electrons. The highest BCUT2D eigenvalue weighted by Crippen LogP contribution is 2.34. The van der Waals surface area contributed by atoms with Gasteiger partial charge < -0.3 is 25.3 Å². The van der Waals surface area contributed by atoms with E-state index in [0.29, 0.717) is 31.1 Å². The Morgan fingerprint density at radius 3 is 2.78 bits per heavy atom. The molecule has 0 aromatic heterocycles. The molecule has 1 aliphatic rings. The number of hydrogen-bond acceptors (Lipinski definition) is 5. The molecule has 0 spiro atoms. The number of rotatable bonds is 10. The molecular formula is C16H25ClN2O4. The Morgan fingerprint density at radius 2 is 1.96 bits per heavy atom. The third kappa shape index (κ3) is 6.97. The first-order chi connectivity index (χ1) is 10.8. The summed E-state index contributed by atoms with van der Waals surface area (Å²) >= 11 is 0. The predicted octanol–water partition coefficient (Wildman–Crippen LogP) is 2.24. The predicted molar refractivity (Wildman–Crippen MR) is 90.5 cm³/mol. The van der Waals surface area contributed by atoms with E-state index in [0.717, 1.165) is 38.0 Å². The van der Waals surface area contributed by atoms with Gasteiger partial charge >= 0.3 is 0 Å². The van der Waals surface area contributed by atoms with Crippen LogP contribution in [0.3, 0.4) is 0 Å². The number of carbonyl (C=O) groups is 1. The van der Waals surface area contributed by atoms with E-state index in [9.17, 15) is 4.79 Å². The summed E-state index contributed by atoms with van der Waals surface area (Å²) in [5.41, 5.74) is 5.42. The molecule has 6 nitrogen and oxygen atoms in total. The highest BCUT2D eigenvalue weighted by atomic mass is 35.5. The highest BCUT2D eigenvalue weighted by Gasteiger charge is 2.13. The molecule has 23 heavy (non-hydrogen) atoms. The minimum absolute atomic E-state index is 0. The summed E-state index contributed by atoms with van der Waals surface area (Å²) in [5, 5.41) is 2.85. The van der Waals surface area contributed by atoms with Gasteiger partial charge in [-0.05, 0) is 31.5 Å². The molecule has 0 saturated heterocycles. The van der Waals surface area contributed by atoms with Crippen molar-refractivity contribution in [2.75, 3.05) is 26.5 Å². The molecule has 1 amide bonds. The van der Waals surface area contributed by atoms with E-state index >= 15 is 0 Å². The summed E-state index contributed by atoms with van der Waals surface area (Å²) in [6, 6.07) is 5.44. The molecule has 0 saturated carbocycles. The van der Waals surface area contributed by atoms with Crippen molar-refractivity contribution in [3.8, 4) is 17.2 Å². The molecule has 1 heterocycles. The minimum Gasteiger partial charge on any atom is -0.492 e. The van der Waals surface area contributed by atoms with Gasteiger partial charge in [-0.1, -0.05) is 12.8 Å². The SMILES string of the molecule is Cl.NCCCCCCC(=O)NCCOc1ccc2c(c1)OCO2. The number of nitrogens with two attached hydrogens (primary N) is 1. The van der Waals surface area contributed by atoms with E-state index in [-0.39, 0.29) is 25.1 Å². The first kappa shape index (κ1) is 19.4. The molecule has 0 aliphatic carbocycles.